The fraction of sp³-hybridized carbons (Fsp3) is 0. The number of para-hydroxylation sites is 4. The summed E-state index contributed by atoms with van der Waals surface area (Å²) in [6, 6.07) is 57.2. The summed E-state index contributed by atoms with van der Waals surface area (Å²) in [5.74, 6) is 0. The van der Waals surface area contributed by atoms with Gasteiger partial charge in [-0.05, 0) is 82.9 Å². The van der Waals surface area contributed by atoms with Gasteiger partial charge in [-0.25, -0.2) is 0 Å². The van der Waals surface area contributed by atoms with Gasteiger partial charge in [0, 0.05) is 34.1 Å². The molecular weight excluding hydrogens is 576 g/mol. The van der Waals surface area contributed by atoms with Crippen LogP contribution < -0.4 is 31.7 Å². The van der Waals surface area contributed by atoms with Crippen LogP contribution in [0.15, 0.2) is 170 Å². The Morgan fingerprint density at radius 2 is 0.562 bits per heavy atom. The summed E-state index contributed by atoms with van der Waals surface area (Å²) in [6.45, 7) is 0. The van der Waals surface area contributed by atoms with Crippen LogP contribution >= 0.6 is 0 Å². The highest BCUT2D eigenvalue weighted by Crippen LogP contribution is 2.36. The number of rotatable bonds is 8. The smallest absolute Gasteiger partial charge is 0.115 e. The van der Waals surface area contributed by atoms with Crippen LogP contribution in [0.25, 0.3) is 22.3 Å². The zero-order valence-electron chi connectivity index (χ0n) is 26.4. The van der Waals surface area contributed by atoms with Crippen molar-refractivity contribution in [3.63, 3.8) is 0 Å². The standard InChI is InChI=1S/C42H28B4N2/c43-38-37(39(44)41(46)42(40(38)45)48(34-17-9-3-10-18-34)35-19-11-4-12-20-35)31-23-21-29(22-24-31)30-25-27-36(28-26-30)47(32-13-5-1-6-14-32)33-15-7-2-8-16-33/h1-28H. The Morgan fingerprint density at radius 1 is 0.271 bits per heavy atom. The summed E-state index contributed by atoms with van der Waals surface area (Å²) < 4.78 is 0. The molecule has 218 valence electrons. The third kappa shape index (κ3) is 5.98. The third-order valence-corrected chi connectivity index (χ3v) is 8.54. The molecule has 7 aromatic carbocycles. The van der Waals surface area contributed by atoms with Gasteiger partial charge in [0.2, 0.25) is 0 Å². The Hall–Kier alpha value is -5.60. The van der Waals surface area contributed by atoms with Crippen LogP contribution in [0, 0.1) is 0 Å². The highest BCUT2D eigenvalue weighted by atomic mass is 15.1. The fourth-order valence-electron chi connectivity index (χ4n) is 6.16. The molecule has 0 unspecified atom stereocenters. The number of nitrogens with zero attached hydrogens (tertiary/aromatic N) is 2. The molecule has 0 saturated heterocycles. The van der Waals surface area contributed by atoms with Crippen LogP contribution in [0.1, 0.15) is 0 Å². The second-order valence-corrected chi connectivity index (χ2v) is 11.5. The summed E-state index contributed by atoms with van der Waals surface area (Å²) in [7, 11) is 27.2. The van der Waals surface area contributed by atoms with Gasteiger partial charge in [-0.1, -0.05) is 131 Å². The quantitative estimate of drug-likeness (QED) is 0.171. The van der Waals surface area contributed by atoms with Crippen LogP contribution in [0.2, 0.25) is 0 Å². The van der Waals surface area contributed by atoms with Gasteiger partial charge < -0.3 is 9.80 Å². The van der Waals surface area contributed by atoms with Crippen molar-refractivity contribution >= 4 is 87.4 Å². The van der Waals surface area contributed by atoms with E-state index in [0.29, 0.717) is 33.1 Å². The molecule has 6 heteroatoms. The van der Waals surface area contributed by atoms with Crippen molar-refractivity contribution in [3.05, 3.63) is 170 Å². The van der Waals surface area contributed by atoms with Crippen molar-refractivity contribution in [2.24, 2.45) is 0 Å². The Balaban J connectivity index is 1.22. The molecule has 0 bridgehead atoms. The first kappa shape index (κ1) is 31.0. The van der Waals surface area contributed by atoms with Crippen LogP contribution in [-0.4, -0.2) is 31.4 Å². The van der Waals surface area contributed by atoms with Gasteiger partial charge in [0.25, 0.3) is 0 Å². The van der Waals surface area contributed by atoms with E-state index in [2.05, 4.69) is 89.8 Å². The lowest BCUT2D eigenvalue weighted by atomic mass is 9.64. The molecule has 0 aromatic heterocycles. The van der Waals surface area contributed by atoms with Crippen molar-refractivity contribution in [2.75, 3.05) is 9.80 Å². The van der Waals surface area contributed by atoms with Crippen molar-refractivity contribution in [3.8, 4) is 22.3 Å². The average molecular weight is 604 g/mol. The summed E-state index contributed by atoms with van der Waals surface area (Å²) >= 11 is 0. The maximum Gasteiger partial charge on any atom is 0.115 e. The molecule has 7 rings (SSSR count). The average Bonchev–Trinajstić information content (AvgIpc) is 3.15. The molecule has 2 nitrogen and oxygen atoms in total. The summed E-state index contributed by atoms with van der Waals surface area (Å²) in [5, 5.41) is 0. The van der Waals surface area contributed by atoms with Gasteiger partial charge in [0.05, 0.1) is 0 Å². The Labute approximate surface area is 288 Å². The molecule has 0 N–H and O–H groups in total. The van der Waals surface area contributed by atoms with E-state index in [0.717, 1.165) is 45.1 Å². The predicted octanol–water partition coefficient (Wildman–Crippen LogP) is 7.14. The number of hydrogen-bond acceptors (Lipinski definition) is 2. The van der Waals surface area contributed by atoms with Gasteiger partial charge in [0.15, 0.2) is 0 Å². The van der Waals surface area contributed by atoms with E-state index >= 15 is 0 Å². The summed E-state index contributed by atoms with van der Waals surface area (Å²) in [5.41, 5.74) is 10.7. The largest absolute Gasteiger partial charge is 0.312 e. The molecule has 0 aliphatic carbocycles. The van der Waals surface area contributed by atoms with E-state index < -0.39 is 0 Å². The van der Waals surface area contributed by atoms with Crippen LogP contribution in [0.3, 0.4) is 0 Å². The summed E-state index contributed by atoms with van der Waals surface area (Å²) in [4.78, 5) is 4.23. The topological polar surface area (TPSA) is 6.48 Å². The molecule has 0 heterocycles. The predicted molar refractivity (Wildman–Crippen MR) is 208 cm³/mol. The minimum atomic E-state index is 0.366. The molecule has 0 atom stereocenters. The van der Waals surface area contributed by atoms with Gasteiger partial charge in [0.1, 0.15) is 31.4 Å². The van der Waals surface area contributed by atoms with Gasteiger partial charge >= 0.3 is 0 Å². The van der Waals surface area contributed by atoms with Crippen molar-refractivity contribution in [1.82, 2.24) is 0 Å². The zero-order chi connectivity index (χ0) is 33.0. The van der Waals surface area contributed by atoms with Gasteiger partial charge in [-0.3, -0.25) is 0 Å². The highest BCUT2D eigenvalue weighted by Gasteiger charge is 2.21. The van der Waals surface area contributed by atoms with E-state index in [1.54, 1.807) is 0 Å². The number of anilines is 6. The SMILES string of the molecule is [B]c1c([B])c(N(c2ccccc2)c2ccccc2)c([B])c([B])c1-c1ccc(-c2ccc(N(c3ccccc3)c3ccccc3)cc2)cc1. The van der Waals surface area contributed by atoms with Gasteiger partial charge in [-0.2, -0.15) is 0 Å². The van der Waals surface area contributed by atoms with Gasteiger partial charge in [-0.15, -0.1) is 0 Å². The monoisotopic (exact) mass is 604 g/mol. The lowest BCUT2D eigenvalue weighted by Crippen LogP contribution is -2.46. The number of benzene rings is 7. The maximum atomic E-state index is 6.80. The molecule has 48 heavy (non-hydrogen) atoms. The van der Waals surface area contributed by atoms with Crippen molar-refractivity contribution in [2.45, 2.75) is 0 Å². The molecule has 0 saturated carbocycles. The molecule has 0 fully saturated rings. The van der Waals surface area contributed by atoms with E-state index in [4.69, 9.17) is 31.4 Å². The normalized spacial score (nSPS) is 10.8. The second-order valence-electron chi connectivity index (χ2n) is 11.5. The first-order valence-electron chi connectivity index (χ1n) is 15.8. The fourth-order valence-corrected chi connectivity index (χ4v) is 6.16. The zero-order valence-corrected chi connectivity index (χ0v) is 26.4. The molecule has 0 amide bonds. The lowest BCUT2D eigenvalue weighted by Gasteiger charge is -2.32. The molecule has 7 aromatic rings. The Kier molecular flexibility index (Phi) is 8.81. The van der Waals surface area contributed by atoms with E-state index in [1.165, 1.54) is 0 Å². The first-order chi connectivity index (χ1) is 23.5. The minimum Gasteiger partial charge on any atom is -0.312 e. The minimum absolute atomic E-state index is 0.366. The highest BCUT2D eigenvalue weighted by molar-refractivity contribution is 6.63. The third-order valence-electron chi connectivity index (χ3n) is 8.54. The first-order valence-corrected chi connectivity index (χ1v) is 15.8. The van der Waals surface area contributed by atoms with Crippen LogP contribution in [0.4, 0.5) is 34.1 Å². The molecule has 0 aliphatic rings. The summed E-state index contributed by atoms with van der Waals surface area (Å²) in [6.07, 6.45) is 0. The van der Waals surface area contributed by atoms with Crippen molar-refractivity contribution in [1.29, 1.82) is 0 Å². The molecule has 8 radical (unpaired) electrons. The van der Waals surface area contributed by atoms with E-state index in [1.807, 2.05) is 89.8 Å². The lowest BCUT2D eigenvalue weighted by molar-refractivity contribution is 1.28. The van der Waals surface area contributed by atoms with E-state index in [-0.39, 0.29) is 0 Å². The molecular formula is C42H28B4N2. The maximum absolute atomic E-state index is 6.80. The molecule has 0 aliphatic heterocycles. The van der Waals surface area contributed by atoms with Crippen LogP contribution in [0.5, 0.6) is 0 Å². The van der Waals surface area contributed by atoms with Crippen LogP contribution in [-0.2, 0) is 0 Å². The Morgan fingerprint density at radius 3 is 0.938 bits per heavy atom. The Bertz CT molecular complexity index is 2030. The van der Waals surface area contributed by atoms with Crippen molar-refractivity contribution < 1.29 is 0 Å². The van der Waals surface area contributed by atoms with E-state index in [9.17, 15) is 0 Å². The number of hydrogen-bond donors (Lipinski definition) is 0. The second kappa shape index (κ2) is 13.6. The molecule has 0 spiro atoms.